The Balaban J connectivity index is 2.33. The van der Waals surface area contributed by atoms with Gasteiger partial charge in [-0.2, -0.15) is 5.26 Å². The van der Waals surface area contributed by atoms with E-state index in [9.17, 15) is 10.1 Å². The summed E-state index contributed by atoms with van der Waals surface area (Å²) in [6.07, 6.45) is 1.47. The largest absolute Gasteiger partial charge is 0.490 e. The molecular formula is C22H23ClN2O3. The van der Waals surface area contributed by atoms with Gasteiger partial charge in [-0.15, -0.1) is 0 Å². The van der Waals surface area contributed by atoms with Crippen molar-refractivity contribution in [1.82, 2.24) is 0 Å². The second-order valence-electron chi connectivity index (χ2n) is 6.12. The number of hydrogen-bond acceptors (Lipinski definition) is 4. The summed E-state index contributed by atoms with van der Waals surface area (Å²) in [6, 6.07) is 10.9. The number of nitrogens with one attached hydrogen (secondary N) is 1. The zero-order valence-electron chi connectivity index (χ0n) is 16.4. The number of nitrogens with zero attached hydrogens (tertiary/aromatic N) is 1. The van der Waals surface area contributed by atoms with Gasteiger partial charge in [0.05, 0.1) is 18.2 Å². The maximum Gasteiger partial charge on any atom is 0.266 e. The topological polar surface area (TPSA) is 71.3 Å². The van der Waals surface area contributed by atoms with Gasteiger partial charge in [-0.25, -0.2) is 0 Å². The zero-order valence-corrected chi connectivity index (χ0v) is 17.2. The Morgan fingerprint density at radius 1 is 1.14 bits per heavy atom. The van der Waals surface area contributed by atoms with E-state index in [4.69, 9.17) is 21.1 Å². The van der Waals surface area contributed by atoms with E-state index >= 15 is 0 Å². The van der Waals surface area contributed by atoms with Crippen molar-refractivity contribution in [3.05, 3.63) is 57.6 Å². The molecule has 0 saturated carbocycles. The van der Waals surface area contributed by atoms with Gasteiger partial charge in [-0.1, -0.05) is 17.7 Å². The molecule has 5 nitrogen and oxygen atoms in total. The SMILES string of the molecule is CCOc1cc(/C=C(\C#N)C(=O)Nc2ccc(C)c(C)c2)cc(Cl)c1OCC. The van der Waals surface area contributed by atoms with Gasteiger partial charge in [0.1, 0.15) is 11.6 Å². The van der Waals surface area contributed by atoms with Gasteiger partial charge in [0.2, 0.25) is 0 Å². The van der Waals surface area contributed by atoms with Crippen molar-refractivity contribution < 1.29 is 14.3 Å². The lowest BCUT2D eigenvalue weighted by Gasteiger charge is -2.13. The lowest BCUT2D eigenvalue weighted by Crippen LogP contribution is -2.13. The number of ether oxygens (including phenoxy) is 2. The normalized spacial score (nSPS) is 10.9. The number of hydrogen-bond donors (Lipinski definition) is 1. The molecule has 0 unspecified atom stereocenters. The Kier molecular flexibility index (Phi) is 7.48. The molecule has 28 heavy (non-hydrogen) atoms. The first-order valence-corrected chi connectivity index (χ1v) is 9.36. The molecule has 2 rings (SSSR count). The zero-order chi connectivity index (χ0) is 20.7. The van der Waals surface area contributed by atoms with E-state index in [1.54, 1.807) is 18.2 Å². The number of rotatable bonds is 7. The van der Waals surface area contributed by atoms with Crippen LogP contribution in [0.1, 0.15) is 30.5 Å². The van der Waals surface area contributed by atoms with E-state index < -0.39 is 5.91 Å². The Labute approximate surface area is 170 Å². The summed E-state index contributed by atoms with van der Waals surface area (Å²) in [5, 5.41) is 12.5. The van der Waals surface area contributed by atoms with Crippen molar-refractivity contribution in [2.75, 3.05) is 18.5 Å². The Bertz CT molecular complexity index is 946. The molecule has 0 aliphatic carbocycles. The number of amides is 1. The number of carbonyl (C=O) groups excluding carboxylic acids is 1. The molecule has 2 aromatic rings. The van der Waals surface area contributed by atoms with Crippen LogP contribution >= 0.6 is 11.6 Å². The van der Waals surface area contributed by atoms with Crippen molar-refractivity contribution in [2.45, 2.75) is 27.7 Å². The molecular weight excluding hydrogens is 376 g/mol. The van der Waals surface area contributed by atoms with Crippen LogP contribution in [0.2, 0.25) is 5.02 Å². The minimum Gasteiger partial charge on any atom is -0.490 e. The van der Waals surface area contributed by atoms with E-state index in [0.717, 1.165) is 11.1 Å². The monoisotopic (exact) mass is 398 g/mol. The van der Waals surface area contributed by atoms with E-state index in [1.807, 2.05) is 45.9 Å². The van der Waals surface area contributed by atoms with Gasteiger partial charge in [0, 0.05) is 5.69 Å². The molecule has 0 spiro atoms. The fourth-order valence-electron chi connectivity index (χ4n) is 2.55. The molecule has 6 heteroatoms. The molecule has 0 heterocycles. The quantitative estimate of drug-likeness (QED) is 0.507. The Morgan fingerprint density at radius 2 is 1.86 bits per heavy atom. The van der Waals surface area contributed by atoms with Gasteiger partial charge in [0.15, 0.2) is 11.5 Å². The van der Waals surface area contributed by atoms with E-state index in [0.29, 0.717) is 41.0 Å². The van der Waals surface area contributed by atoms with Crippen LogP contribution in [-0.2, 0) is 4.79 Å². The van der Waals surface area contributed by atoms with Gasteiger partial charge < -0.3 is 14.8 Å². The Morgan fingerprint density at radius 3 is 2.46 bits per heavy atom. The summed E-state index contributed by atoms with van der Waals surface area (Å²) >= 11 is 6.30. The molecule has 1 N–H and O–H groups in total. The molecule has 0 aliphatic rings. The summed E-state index contributed by atoms with van der Waals surface area (Å²) in [5.74, 6) is 0.421. The highest BCUT2D eigenvalue weighted by Gasteiger charge is 2.14. The average Bonchev–Trinajstić information content (AvgIpc) is 2.65. The van der Waals surface area contributed by atoms with Crippen molar-refractivity contribution >= 4 is 29.3 Å². The van der Waals surface area contributed by atoms with Gasteiger partial charge in [-0.05, 0) is 74.7 Å². The van der Waals surface area contributed by atoms with Gasteiger partial charge in [-0.3, -0.25) is 4.79 Å². The fraction of sp³-hybridized carbons (Fsp3) is 0.273. The standard InChI is InChI=1S/C22H23ClN2O3/c1-5-27-20-12-16(11-19(23)21(20)28-6-2)10-17(13-24)22(26)25-18-8-7-14(3)15(4)9-18/h7-12H,5-6H2,1-4H3,(H,25,26)/b17-10+. The Hall–Kier alpha value is -2.97. The lowest BCUT2D eigenvalue weighted by atomic mass is 10.1. The van der Waals surface area contributed by atoms with Crippen LogP contribution in [0.15, 0.2) is 35.9 Å². The number of carbonyl (C=O) groups is 1. The molecule has 0 aromatic heterocycles. The molecule has 0 fully saturated rings. The van der Waals surface area contributed by atoms with Crippen LogP contribution in [0.5, 0.6) is 11.5 Å². The number of anilines is 1. The van der Waals surface area contributed by atoms with Crippen LogP contribution in [0.25, 0.3) is 6.08 Å². The van der Waals surface area contributed by atoms with Crippen LogP contribution in [0, 0.1) is 25.2 Å². The first-order chi connectivity index (χ1) is 13.4. The highest BCUT2D eigenvalue weighted by molar-refractivity contribution is 6.32. The van der Waals surface area contributed by atoms with Gasteiger partial charge >= 0.3 is 0 Å². The van der Waals surface area contributed by atoms with Gasteiger partial charge in [0.25, 0.3) is 5.91 Å². The smallest absolute Gasteiger partial charge is 0.266 e. The second-order valence-corrected chi connectivity index (χ2v) is 6.53. The number of benzene rings is 2. The highest BCUT2D eigenvalue weighted by atomic mass is 35.5. The molecule has 0 bridgehead atoms. The molecule has 0 saturated heterocycles. The lowest BCUT2D eigenvalue weighted by molar-refractivity contribution is -0.112. The minimum absolute atomic E-state index is 0.0408. The summed E-state index contributed by atoms with van der Waals surface area (Å²) in [4.78, 5) is 12.5. The summed E-state index contributed by atoms with van der Waals surface area (Å²) < 4.78 is 11.1. The summed E-state index contributed by atoms with van der Waals surface area (Å²) in [6.45, 7) is 8.53. The van der Waals surface area contributed by atoms with Crippen LogP contribution in [0.4, 0.5) is 5.69 Å². The number of halogens is 1. The van der Waals surface area contributed by atoms with E-state index in [1.165, 1.54) is 6.08 Å². The molecule has 0 radical (unpaired) electrons. The van der Waals surface area contributed by atoms with Crippen molar-refractivity contribution in [3.63, 3.8) is 0 Å². The summed E-state index contributed by atoms with van der Waals surface area (Å²) in [7, 11) is 0. The van der Waals surface area contributed by atoms with Crippen molar-refractivity contribution in [1.29, 1.82) is 5.26 Å². The maximum atomic E-state index is 12.5. The molecule has 146 valence electrons. The second kappa shape index (κ2) is 9.82. The summed E-state index contributed by atoms with van der Waals surface area (Å²) in [5.41, 5.74) is 3.35. The third kappa shape index (κ3) is 5.28. The molecule has 1 amide bonds. The first-order valence-electron chi connectivity index (χ1n) is 8.99. The van der Waals surface area contributed by atoms with Crippen LogP contribution in [-0.4, -0.2) is 19.1 Å². The number of nitriles is 1. The third-order valence-corrected chi connectivity index (χ3v) is 4.34. The predicted molar refractivity (Wildman–Crippen MR) is 112 cm³/mol. The fourth-order valence-corrected chi connectivity index (χ4v) is 2.83. The third-order valence-electron chi connectivity index (χ3n) is 4.06. The molecule has 0 aliphatic heterocycles. The first kappa shape index (κ1) is 21.3. The molecule has 0 atom stereocenters. The average molecular weight is 399 g/mol. The van der Waals surface area contributed by atoms with Crippen molar-refractivity contribution in [3.8, 4) is 17.6 Å². The van der Waals surface area contributed by atoms with Crippen LogP contribution in [0.3, 0.4) is 0 Å². The van der Waals surface area contributed by atoms with E-state index in [-0.39, 0.29) is 5.57 Å². The molecule has 2 aromatic carbocycles. The maximum absolute atomic E-state index is 12.5. The van der Waals surface area contributed by atoms with Crippen LogP contribution < -0.4 is 14.8 Å². The predicted octanol–water partition coefficient (Wildman–Crippen LogP) is 5.30. The van der Waals surface area contributed by atoms with E-state index in [2.05, 4.69) is 5.32 Å². The van der Waals surface area contributed by atoms with Crippen molar-refractivity contribution in [2.24, 2.45) is 0 Å². The highest BCUT2D eigenvalue weighted by Crippen LogP contribution is 2.37. The number of aryl methyl sites for hydroxylation is 2. The minimum atomic E-state index is -0.492.